The van der Waals surface area contributed by atoms with E-state index < -0.39 is 29.7 Å². The third kappa shape index (κ3) is 6.81. The zero-order chi connectivity index (χ0) is 21.4. The van der Waals surface area contributed by atoms with Crippen molar-refractivity contribution in [2.45, 2.75) is 39.0 Å². The number of halogens is 3. The van der Waals surface area contributed by atoms with Gasteiger partial charge in [-0.05, 0) is 56.2 Å². The summed E-state index contributed by atoms with van der Waals surface area (Å²) in [5, 5.41) is 2.42. The molecule has 2 rings (SSSR count). The highest BCUT2D eigenvalue weighted by atomic mass is 19.4. The van der Waals surface area contributed by atoms with Crippen LogP contribution in [0.1, 0.15) is 31.4 Å². The standard InChI is InChI=1S/C21H22F3NO4/c1-3-28-18-7-5-4-6-15(18)8-13-19(26)29-14(2)20(27)25-17-11-9-16(10-12-17)21(22,23)24/h4-7,9-12,14H,3,8,13H2,1-2H3,(H,25,27)/t14-/m0/s1. The average Bonchev–Trinajstić information content (AvgIpc) is 2.67. The maximum atomic E-state index is 12.6. The summed E-state index contributed by atoms with van der Waals surface area (Å²) in [4.78, 5) is 24.2. The summed E-state index contributed by atoms with van der Waals surface area (Å²) in [5.41, 5.74) is 0.215. The third-order valence-electron chi connectivity index (χ3n) is 4.03. The number of ether oxygens (including phenoxy) is 2. The maximum Gasteiger partial charge on any atom is 0.416 e. The van der Waals surface area contributed by atoms with Crippen molar-refractivity contribution >= 4 is 17.6 Å². The summed E-state index contributed by atoms with van der Waals surface area (Å²) < 4.78 is 48.3. The lowest BCUT2D eigenvalue weighted by Crippen LogP contribution is -2.30. The lowest BCUT2D eigenvalue weighted by atomic mass is 10.1. The van der Waals surface area contributed by atoms with Crippen molar-refractivity contribution in [3.05, 3.63) is 59.7 Å². The molecule has 0 aliphatic rings. The number of alkyl halides is 3. The molecule has 0 aliphatic heterocycles. The number of hydrogen-bond donors (Lipinski definition) is 1. The Balaban J connectivity index is 1.85. The van der Waals surface area contributed by atoms with Gasteiger partial charge in [0.25, 0.3) is 5.91 Å². The van der Waals surface area contributed by atoms with Gasteiger partial charge >= 0.3 is 12.1 Å². The molecule has 2 aromatic carbocycles. The van der Waals surface area contributed by atoms with E-state index in [1.54, 1.807) is 0 Å². The second-order valence-corrected chi connectivity index (χ2v) is 6.24. The van der Waals surface area contributed by atoms with Crippen LogP contribution in [-0.2, 0) is 26.9 Å². The normalized spacial score (nSPS) is 12.2. The Morgan fingerprint density at radius 3 is 2.34 bits per heavy atom. The summed E-state index contributed by atoms with van der Waals surface area (Å²) >= 11 is 0. The van der Waals surface area contributed by atoms with E-state index in [1.807, 2.05) is 31.2 Å². The minimum absolute atomic E-state index is 0.0575. The van der Waals surface area contributed by atoms with Crippen LogP contribution < -0.4 is 10.1 Å². The van der Waals surface area contributed by atoms with Gasteiger partial charge in [-0.25, -0.2) is 0 Å². The molecule has 0 saturated carbocycles. The van der Waals surface area contributed by atoms with Gasteiger partial charge in [0, 0.05) is 12.1 Å². The largest absolute Gasteiger partial charge is 0.494 e. The van der Waals surface area contributed by atoms with Crippen LogP contribution in [0.15, 0.2) is 48.5 Å². The molecular formula is C21H22F3NO4. The summed E-state index contributed by atoms with van der Waals surface area (Å²) in [6, 6.07) is 11.3. The molecule has 156 valence electrons. The Bertz CT molecular complexity index is 835. The fourth-order valence-corrected chi connectivity index (χ4v) is 2.54. The number of para-hydroxylation sites is 1. The van der Waals surface area contributed by atoms with Gasteiger partial charge in [-0.3, -0.25) is 9.59 Å². The molecule has 1 amide bonds. The number of nitrogens with one attached hydrogen (secondary N) is 1. The number of aryl methyl sites for hydroxylation is 1. The lowest BCUT2D eigenvalue weighted by Gasteiger charge is -2.15. The summed E-state index contributed by atoms with van der Waals surface area (Å²) in [7, 11) is 0. The third-order valence-corrected chi connectivity index (χ3v) is 4.03. The Labute approximate surface area is 166 Å². The van der Waals surface area contributed by atoms with Crippen molar-refractivity contribution in [3.8, 4) is 5.75 Å². The van der Waals surface area contributed by atoms with Crippen molar-refractivity contribution in [1.82, 2.24) is 0 Å². The van der Waals surface area contributed by atoms with Crippen LogP contribution in [0.3, 0.4) is 0 Å². The average molecular weight is 409 g/mol. The number of carbonyl (C=O) groups excluding carboxylic acids is 2. The zero-order valence-electron chi connectivity index (χ0n) is 16.1. The van der Waals surface area contributed by atoms with Crippen LogP contribution >= 0.6 is 0 Å². The molecule has 0 aromatic heterocycles. The topological polar surface area (TPSA) is 64.6 Å². The fraction of sp³-hybridized carbons (Fsp3) is 0.333. The molecule has 0 heterocycles. The highest BCUT2D eigenvalue weighted by molar-refractivity contribution is 5.95. The number of hydrogen-bond acceptors (Lipinski definition) is 4. The zero-order valence-corrected chi connectivity index (χ0v) is 16.1. The molecule has 5 nitrogen and oxygen atoms in total. The van der Waals surface area contributed by atoms with E-state index in [-0.39, 0.29) is 12.1 Å². The Morgan fingerprint density at radius 2 is 1.72 bits per heavy atom. The molecule has 0 aliphatic carbocycles. The van der Waals surface area contributed by atoms with Gasteiger partial charge in [-0.15, -0.1) is 0 Å². The van der Waals surface area contributed by atoms with E-state index in [4.69, 9.17) is 9.47 Å². The molecule has 0 spiro atoms. The highest BCUT2D eigenvalue weighted by Gasteiger charge is 2.30. The van der Waals surface area contributed by atoms with Crippen LogP contribution in [0.4, 0.5) is 18.9 Å². The van der Waals surface area contributed by atoms with E-state index in [0.717, 1.165) is 29.8 Å². The van der Waals surface area contributed by atoms with Crippen molar-refractivity contribution < 1.29 is 32.2 Å². The van der Waals surface area contributed by atoms with E-state index in [9.17, 15) is 22.8 Å². The van der Waals surface area contributed by atoms with Crippen molar-refractivity contribution in [1.29, 1.82) is 0 Å². The van der Waals surface area contributed by atoms with Crippen LogP contribution in [0.2, 0.25) is 0 Å². The predicted molar refractivity (Wildman–Crippen MR) is 102 cm³/mol. The van der Waals surface area contributed by atoms with Gasteiger partial charge < -0.3 is 14.8 Å². The second kappa shape index (κ2) is 9.95. The van der Waals surface area contributed by atoms with Crippen molar-refractivity contribution in [2.24, 2.45) is 0 Å². The number of anilines is 1. The van der Waals surface area contributed by atoms with Crippen LogP contribution in [0, 0.1) is 0 Å². The van der Waals surface area contributed by atoms with Crippen LogP contribution in [0.25, 0.3) is 0 Å². The van der Waals surface area contributed by atoms with Crippen LogP contribution in [-0.4, -0.2) is 24.6 Å². The Kier molecular flexibility index (Phi) is 7.64. The van der Waals surface area contributed by atoms with Crippen LogP contribution in [0.5, 0.6) is 5.75 Å². The fourth-order valence-electron chi connectivity index (χ4n) is 2.54. The minimum atomic E-state index is -4.45. The molecule has 0 fully saturated rings. The molecule has 0 unspecified atom stereocenters. The van der Waals surface area contributed by atoms with Gasteiger partial charge in [0.15, 0.2) is 6.10 Å². The Hall–Kier alpha value is -3.03. The van der Waals surface area contributed by atoms with E-state index in [0.29, 0.717) is 18.8 Å². The lowest BCUT2D eigenvalue weighted by molar-refractivity contribution is -0.153. The van der Waals surface area contributed by atoms with Gasteiger partial charge in [-0.1, -0.05) is 18.2 Å². The molecule has 8 heteroatoms. The first kappa shape index (κ1) is 22.3. The number of benzene rings is 2. The molecule has 0 bridgehead atoms. The number of esters is 1. The summed E-state index contributed by atoms with van der Waals surface area (Å²) in [5.74, 6) is -0.505. The van der Waals surface area contributed by atoms with Gasteiger partial charge in [0.2, 0.25) is 0 Å². The number of amides is 1. The van der Waals surface area contributed by atoms with E-state index >= 15 is 0 Å². The minimum Gasteiger partial charge on any atom is -0.494 e. The number of rotatable bonds is 8. The monoisotopic (exact) mass is 409 g/mol. The molecule has 1 atom stereocenters. The van der Waals surface area contributed by atoms with E-state index in [1.165, 1.54) is 6.92 Å². The molecule has 0 radical (unpaired) electrons. The van der Waals surface area contributed by atoms with Crippen molar-refractivity contribution in [2.75, 3.05) is 11.9 Å². The molecule has 0 saturated heterocycles. The molecule has 2 aromatic rings. The highest BCUT2D eigenvalue weighted by Crippen LogP contribution is 2.29. The second-order valence-electron chi connectivity index (χ2n) is 6.24. The Morgan fingerprint density at radius 1 is 1.07 bits per heavy atom. The van der Waals surface area contributed by atoms with E-state index in [2.05, 4.69) is 5.32 Å². The first-order valence-corrected chi connectivity index (χ1v) is 9.09. The maximum absolute atomic E-state index is 12.6. The van der Waals surface area contributed by atoms with Gasteiger partial charge in [-0.2, -0.15) is 13.2 Å². The molecule has 1 N–H and O–H groups in total. The summed E-state index contributed by atoms with van der Waals surface area (Å²) in [6.07, 6.45) is -5.09. The quantitative estimate of drug-likeness (QED) is 0.647. The van der Waals surface area contributed by atoms with Crippen molar-refractivity contribution in [3.63, 3.8) is 0 Å². The number of carbonyl (C=O) groups is 2. The van der Waals surface area contributed by atoms with Gasteiger partial charge in [0.05, 0.1) is 12.2 Å². The summed E-state index contributed by atoms with van der Waals surface area (Å²) in [6.45, 7) is 3.76. The predicted octanol–water partition coefficient (Wildman–Crippen LogP) is 4.61. The SMILES string of the molecule is CCOc1ccccc1CCC(=O)O[C@@H](C)C(=O)Nc1ccc(C(F)(F)F)cc1. The first-order valence-electron chi connectivity index (χ1n) is 9.09. The first-order chi connectivity index (χ1) is 13.7. The molecular weight excluding hydrogens is 387 g/mol. The molecule has 29 heavy (non-hydrogen) atoms. The smallest absolute Gasteiger partial charge is 0.416 e. The van der Waals surface area contributed by atoms with Gasteiger partial charge in [0.1, 0.15) is 5.75 Å².